The molecule has 0 radical (unpaired) electrons. The highest BCUT2D eigenvalue weighted by molar-refractivity contribution is 8.18. The van der Waals surface area contributed by atoms with Gasteiger partial charge in [0.2, 0.25) is 0 Å². The Balaban J connectivity index is 1.45. The quantitative estimate of drug-likeness (QED) is 0.558. The molecule has 1 saturated heterocycles. The zero-order chi connectivity index (χ0) is 19.5. The predicted molar refractivity (Wildman–Crippen MR) is 113 cm³/mol. The van der Waals surface area contributed by atoms with Crippen LogP contribution in [0, 0.1) is 6.92 Å². The minimum atomic E-state index is -0.264. The van der Waals surface area contributed by atoms with Crippen molar-refractivity contribution >= 4 is 39.8 Å². The van der Waals surface area contributed by atoms with E-state index in [-0.39, 0.29) is 24.3 Å². The third-order valence-corrected chi connectivity index (χ3v) is 5.58. The summed E-state index contributed by atoms with van der Waals surface area (Å²) in [6, 6.07) is 21.6. The van der Waals surface area contributed by atoms with Gasteiger partial charge in [-0.15, -0.1) is 0 Å². The number of benzene rings is 3. The molecule has 140 valence electrons. The van der Waals surface area contributed by atoms with Gasteiger partial charge in [0.1, 0.15) is 12.4 Å². The molecule has 0 bridgehead atoms. The lowest BCUT2D eigenvalue weighted by atomic mass is 10.1. The van der Waals surface area contributed by atoms with Crippen LogP contribution in [0.15, 0.2) is 71.6 Å². The van der Waals surface area contributed by atoms with Crippen molar-refractivity contribution in [1.29, 1.82) is 0 Å². The molecule has 0 saturated carbocycles. The van der Waals surface area contributed by atoms with Gasteiger partial charge in [0.25, 0.3) is 11.1 Å². The van der Waals surface area contributed by atoms with Crippen LogP contribution >= 0.6 is 11.8 Å². The van der Waals surface area contributed by atoms with Gasteiger partial charge in [-0.05, 0) is 47.3 Å². The topological polar surface area (TPSA) is 46.6 Å². The second-order valence-electron chi connectivity index (χ2n) is 6.52. The fourth-order valence-electron chi connectivity index (χ4n) is 3.15. The van der Waals surface area contributed by atoms with Crippen LogP contribution in [0.3, 0.4) is 0 Å². The first-order valence-electron chi connectivity index (χ1n) is 9.05. The molecule has 28 heavy (non-hydrogen) atoms. The lowest BCUT2D eigenvalue weighted by molar-refractivity contribution is -0.123. The summed E-state index contributed by atoms with van der Waals surface area (Å²) < 4.78 is 5.88. The lowest BCUT2D eigenvalue weighted by Gasteiger charge is -2.14. The average molecular weight is 389 g/mol. The van der Waals surface area contributed by atoms with Crippen LogP contribution < -0.4 is 4.74 Å². The van der Waals surface area contributed by atoms with Gasteiger partial charge in [-0.1, -0.05) is 60.7 Å². The lowest BCUT2D eigenvalue weighted by Crippen LogP contribution is -2.32. The van der Waals surface area contributed by atoms with Crippen molar-refractivity contribution in [3.63, 3.8) is 0 Å². The Morgan fingerprint density at radius 1 is 0.964 bits per heavy atom. The molecule has 3 aromatic rings. The molecule has 2 amide bonds. The van der Waals surface area contributed by atoms with E-state index in [0.717, 1.165) is 39.4 Å². The fourth-order valence-corrected chi connectivity index (χ4v) is 4.01. The van der Waals surface area contributed by atoms with Crippen molar-refractivity contribution in [3.8, 4) is 5.75 Å². The van der Waals surface area contributed by atoms with Gasteiger partial charge in [0.15, 0.2) is 0 Å². The number of fused-ring (bicyclic) bond motifs is 1. The third-order valence-electron chi connectivity index (χ3n) is 4.67. The minimum absolute atomic E-state index is 0.221. The Morgan fingerprint density at radius 2 is 1.71 bits per heavy atom. The van der Waals surface area contributed by atoms with Crippen LogP contribution in [0.4, 0.5) is 4.79 Å². The fraction of sp³-hybridized carbons (Fsp3) is 0.130. The van der Waals surface area contributed by atoms with Gasteiger partial charge in [-0.3, -0.25) is 14.5 Å². The summed E-state index contributed by atoms with van der Waals surface area (Å²) in [6.07, 6.45) is 1.78. The van der Waals surface area contributed by atoms with Crippen LogP contribution in [0.2, 0.25) is 0 Å². The summed E-state index contributed by atoms with van der Waals surface area (Å²) >= 11 is 0.977. The maximum absolute atomic E-state index is 12.6. The van der Waals surface area contributed by atoms with Gasteiger partial charge >= 0.3 is 0 Å². The normalized spacial score (nSPS) is 15.6. The zero-order valence-corrected chi connectivity index (χ0v) is 16.2. The van der Waals surface area contributed by atoms with E-state index in [1.165, 1.54) is 4.90 Å². The smallest absolute Gasteiger partial charge is 0.293 e. The highest BCUT2D eigenvalue weighted by Gasteiger charge is 2.34. The van der Waals surface area contributed by atoms with Gasteiger partial charge in [-0.25, -0.2) is 0 Å². The van der Waals surface area contributed by atoms with Gasteiger partial charge in [-0.2, -0.15) is 0 Å². The van der Waals surface area contributed by atoms with Crippen molar-refractivity contribution in [2.75, 3.05) is 13.2 Å². The molecular weight excluding hydrogens is 370 g/mol. The molecule has 4 rings (SSSR count). The van der Waals surface area contributed by atoms with Crippen LogP contribution in [0.1, 0.15) is 11.1 Å². The molecule has 5 heteroatoms. The number of nitrogens with zero attached hydrogens (tertiary/aromatic N) is 1. The Hall–Kier alpha value is -3.05. The molecule has 0 atom stereocenters. The maximum atomic E-state index is 12.6. The second kappa shape index (κ2) is 7.90. The molecule has 0 unspecified atom stereocenters. The first-order valence-corrected chi connectivity index (χ1v) is 9.87. The SMILES string of the molecule is Cc1ccccc1/C=C1\SC(=O)N(CCOc2cccc3ccccc23)C1=O. The maximum Gasteiger partial charge on any atom is 0.293 e. The van der Waals surface area contributed by atoms with Crippen molar-refractivity contribution in [1.82, 2.24) is 4.90 Å². The summed E-state index contributed by atoms with van der Waals surface area (Å²) in [4.78, 5) is 26.6. The van der Waals surface area contributed by atoms with Crippen LogP contribution in [0.5, 0.6) is 5.75 Å². The Morgan fingerprint density at radius 3 is 2.57 bits per heavy atom. The molecule has 1 fully saturated rings. The first-order chi connectivity index (χ1) is 13.6. The van der Waals surface area contributed by atoms with Gasteiger partial charge < -0.3 is 4.74 Å². The van der Waals surface area contributed by atoms with Gasteiger partial charge in [0, 0.05) is 5.39 Å². The zero-order valence-electron chi connectivity index (χ0n) is 15.4. The summed E-state index contributed by atoms with van der Waals surface area (Å²) in [7, 11) is 0. The van der Waals surface area contributed by atoms with E-state index in [1.807, 2.05) is 73.7 Å². The average Bonchev–Trinajstić information content (AvgIpc) is 2.97. The molecular formula is C23H19NO3S. The summed E-state index contributed by atoms with van der Waals surface area (Å²) in [5.41, 5.74) is 2.01. The number of hydrogen-bond acceptors (Lipinski definition) is 4. The number of hydrogen-bond donors (Lipinski definition) is 0. The van der Waals surface area contributed by atoms with Crippen LogP contribution in [0.25, 0.3) is 16.8 Å². The Bertz CT molecular complexity index is 1080. The van der Waals surface area contributed by atoms with E-state index < -0.39 is 0 Å². The van der Waals surface area contributed by atoms with Crippen LogP contribution in [-0.4, -0.2) is 29.2 Å². The van der Waals surface area contributed by atoms with Gasteiger partial charge in [0.05, 0.1) is 11.4 Å². The number of thioether (sulfide) groups is 1. The number of amides is 2. The summed E-state index contributed by atoms with van der Waals surface area (Å²) in [6.45, 7) is 2.46. The van der Waals surface area contributed by atoms with Crippen molar-refractivity contribution in [2.45, 2.75) is 6.92 Å². The van der Waals surface area contributed by atoms with Crippen molar-refractivity contribution < 1.29 is 14.3 Å². The molecule has 4 nitrogen and oxygen atoms in total. The van der Waals surface area contributed by atoms with E-state index in [2.05, 4.69) is 0 Å². The number of carbonyl (C=O) groups excluding carboxylic acids is 2. The Kier molecular flexibility index (Phi) is 5.17. The second-order valence-corrected chi connectivity index (χ2v) is 7.51. The molecule has 1 heterocycles. The Labute approximate surface area is 167 Å². The molecule has 0 aromatic heterocycles. The summed E-state index contributed by atoms with van der Waals surface area (Å²) in [5.74, 6) is 0.486. The molecule has 1 aliphatic rings. The standard InChI is InChI=1S/C23H19NO3S/c1-16-7-2-3-9-18(16)15-21-22(25)24(23(26)28-21)13-14-27-20-12-6-10-17-8-4-5-11-19(17)20/h2-12,15H,13-14H2,1H3/b21-15-. The number of carbonyl (C=O) groups is 2. The highest BCUT2D eigenvalue weighted by Crippen LogP contribution is 2.32. The first kappa shape index (κ1) is 18.3. The summed E-state index contributed by atoms with van der Waals surface area (Å²) in [5, 5.41) is 1.84. The third kappa shape index (κ3) is 3.66. The molecule has 3 aromatic carbocycles. The van der Waals surface area contributed by atoms with E-state index in [0.29, 0.717) is 4.91 Å². The van der Waals surface area contributed by atoms with E-state index >= 15 is 0 Å². The number of imide groups is 1. The predicted octanol–water partition coefficient (Wildman–Crippen LogP) is 5.26. The molecule has 0 N–H and O–H groups in total. The monoisotopic (exact) mass is 389 g/mol. The van der Waals surface area contributed by atoms with Crippen molar-refractivity contribution in [3.05, 3.63) is 82.8 Å². The number of ether oxygens (including phenoxy) is 1. The number of aryl methyl sites for hydroxylation is 1. The molecule has 1 aliphatic heterocycles. The van der Waals surface area contributed by atoms with E-state index in [1.54, 1.807) is 6.08 Å². The number of rotatable bonds is 5. The molecule has 0 spiro atoms. The molecule has 0 aliphatic carbocycles. The largest absolute Gasteiger partial charge is 0.491 e. The van der Waals surface area contributed by atoms with E-state index in [9.17, 15) is 9.59 Å². The van der Waals surface area contributed by atoms with Crippen LogP contribution in [-0.2, 0) is 4.79 Å². The van der Waals surface area contributed by atoms with E-state index in [4.69, 9.17) is 4.74 Å². The minimum Gasteiger partial charge on any atom is -0.491 e. The van der Waals surface area contributed by atoms with Crippen molar-refractivity contribution in [2.24, 2.45) is 0 Å². The highest BCUT2D eigenvalue weighted by atomic mass is 32.2.